The van der Waals surface area contributed by atoms with Crippen molar-refractivity contribution in [3.63, 3.8) is 0 Å². The van der Waals surface area contributed by atoms with Crippen molar-refractivity contribution < 1.29 is 9.66 Å². The molecule has 0 spiro atoms. The topological polar surface area (TPSA) is 90.2 Å². The lowest BCUT2D eigenvalue weighted by molar-refractivity contribution is -0.404. The van der Waals surface area contributed by atoms with Gasteiger partial charge in [0.1, 0.15) is 11.8 Å². The Morgan fingerprint density at radius 1 is 1.65 bits per heavy atom. The summed E-state index contributed by atoms with van der Waals surface area (Å²) in [4.78, 5) is 17.3. The number of halogens is 1. The van der Waals surface area contributed by atoms with Crippen LogP contribution in [-0.4, -0.2) is 28.0 Å². The molecule has 0 saturated carbocycles. The highest BCUT2D eigenvalue weighted by atomic mass is 35.5. The molecule has 0 fully saturated rings. The summed E-state index contributed by atoms with van der Waals surface area (Å²) in [5.41, 5.74) is 0.338. The fraction of sp³-hybridized carbons (Fsp3) is 0.333. The third-order valence-electron chi connectivity index (χ3n) is 1.88. The van der Waals surface area contributed by atoms with Crippen molar-refractivity contribution in [1.82, 2.24) is 15.3 Å². The van der Waals surface area contributed by atoms with Gasteiger partial charge in [0.25, 0.3) is 6.20 Å². The second kappa shape index (κ2) is 6.00. The Bertz CT molecular complexity index is 421. The van der Waals surface area contributed by atoms with E-state index in [1.54, 1.807) is 14.0 Å². The van der Waals surface area contributed by atoms with Gasteiger partial charge in [-0.15, -0.1) is 0 Å². The van der Waals surface area contributed by atoms with Crippen molar-refractivity contribution in [1.29, 1.82) is 0 Å². The van der Waals surface area contributed by atoms with Gasteiger partial charge in [-0.05, 0) is 18.5 Å². The van der Waals surface area contributed by atoms with E-state index < -0.39 is 11.0 Å². The largest absolute Gasteiger partial charge is 0.481 e. The molecule has 1 heterocycles. The first-order chi connectivity index (χ1) is 8.02. The smallest absolute Gasteiger partial charge is 0.257 e. The molecule has 0 amide bonds. The van der Waals surface area contributed by atoms with E-state index in [2.05, 4.69) is 15.3 Å². The van der Waals surface area contributed by atoms with Crippen LogP contribution < -0.4 is 10.1 Å². The summed E-state index contributed by atoms with van der Waals surface area (Å²) >= 11 is 5.52. The van der Waals surface area contributed by atoms with Gasteiger partial charge in [0.05, 0.1) is 17.3 Å². The monoisotopic (exact) mass is 258 g/mol. The summed E-state index contributed by atoms with van der Waals surface area (Å²) in [5, 5.41) is 13.2. The number of hydrogen-bond acceptors (Lipinski definition) is 6. The van der Waals surface area contributed by atoms with Gasteiger partial charge in [0.2, 0.25) is 5.28 Å². The van der Waals surface area contributed by atoms with Gasteiger partial charge >= 0.3 is 0 Å². The Morgan fingerprint density at radius 3 is 2.71 bits per heavy atom. The zero-order valence-corrected chi connectivity index (χ0v) is 10.0. The Hall–Kier alpha value is -1.89. The number of aromatic nitrogens is 2. The molecule has 0 aliphatic heterocycles. The molecule has 8 heteroatoms. The van der Waals surface area contributed by atoms with E-state index in [4.69, 9.17) is 16.3 Å². The first-order valence-corrected chi connectivity index (χ1v) is 5.08. The second-order valence-electron chi connectivity index (χ2n) is 3.07. The van der Waals surface area contributed by atoms with Gasteiger partial charge in [-0.3, -0.25) is 10.1 Å². The van der Waals surface area contributed by atoms with E-state index in [1.165, 1.54) is 12.4 Å². The van der Waals surface area contributed by atoms with Crippen molar-refractivity contribution >= 4 is 11.6 Å². The Labute approximate surface area is 103 Å². The van der Waals surface area contributed by atoms with Crippen molar-refractivity contribution in [2.75, 3.05) is 7.05 Å². The number of nitrogens with zero attached hydrogens (tertiary/aromatic N) is 3. The van der Waals surface area contributed by atoms with Crippen LogP contribution in [0.4, 0.5) is 0 Å². The average Bonchev–Trinajstić information content (AvgIpc) is 2.28. The van der Waals surface area contributed by atoms with E-state index in [0.29, 0.717) is 11.4 Å². The van der Waals surface area contributed by atoms with Crippen LogP contribution in [0.15, 0.2) is 24.3 Å². The molecule has 1 atom stereocenters. The van der Waals surface area contributed by atoms with Crippen LogP contribution in [0.1, 0.15) is 6.92 Å². The molecule has 1 N–H and O–H groups in total. The number of hydrogen-bond donors (Lipinski definition) is 1. The van der Waals surface area contributed by atoms with Crippen LogP contribution in [0.2, 0.25) is 5.28 Å². The Balaban J connectivity index is 2.73. The fourth-order valence-corrected chi connectivity index (χ4v) is 1.21. The van der Waals surface area contributed by atoms with Crippen LogP contribution in [-0.2, 0) is 0 Å². The average molecular weight is 259 g/mol. The van der Waals surface area contributed by atoms with Gasteiger partial charge in [-0.2, -0.15) is 0 Å². The van der Waals surface area contributed by atoms with Gasteiger partial charge in [0.15, 0.2) is 5.75 Å². The highest BCUT2D eigenvalue weighted by molar-refractivity contribution is 6.28. The summed E-state index contributed by atoms with van der Waals surface area (Å²) in [7, 11) is 1.58. The lowest BCUT2D eigenvalue weighted by Crippen LogP contribution is -2.25. The molecule has 17 heavy (non-hydrogen) atoms. The molecule has 1 unspecified atom stereocenters. The molecule has 0 saturated heterocycles. The van der Waals surface area contributed by atoms with Crippen LogP contribution in [0.3, 0.4) is 0 Å². The first-order valence-electron chi connectivity index (χ1n) is 4.70. The molecule has 0 aromatic carbocycles. The molecular formula is C9H11ClN4O3. The maximum atomic E-state index is 10.4. The molecule has 92 valence electrons. The zero-order chi connectivity index (χ0) is 12.8. The molecule has 0 aliphatic carbocycles. The third-order valence-corrected chi connectivity index (χ3v) is 2.08. The van der Waals surface area contributed by atoms with Gasteiger partial charge in [-0.25, -0.2) is 9.97 Å². The lowest BCUT2D eigenvalue weighted by atomic mass is 10.3. The summed E-state index contributed by atoms with van der Waals surface area (Å²) < 4.78 is 5.40. The lowest BCUT2D eigenvalue weighted by Gasteiger charge is -2.15. The summed E-state index contributed by atoms with van der Waals surface area (Å²) in [5.74, 6) is 0.381. The normalized spacial score (nSPS) is 13.0. The molecule has 0 aliphatic rings. The summed E-state index contributed by atoms with van der Waals surface area (Å²) in [6.45, 7) is 1.67. The van der Waals surface area contributed by atoms with Gasteiger partial charge in [0, 0.05) is 7.05 Å². The number of ether oxygens (including phenoxy) is 1. The van der Waals surface area contributed by atoms with Crippen LogP contribution in [0.25, 0.3) is 0 Å². The number of rotatable bonds is 5. The molecule has 0 bridgehead atoms. The zero-order valence-electron chi connectivity index (χ0n) is 9.25. The van der Waals surface area contributed by atoms with Gasteiger partial charge in [-0.1, -0.05) is 0 Å². The minimum absolute atomic E-state index is 0.111. The number of likely N-dealkylation sites (N-methyl/N-ethyl adjacent to an activating group) is 1. The second-order valence-corrected chi connectivity index (χ2v) is 3.41. The summed E-state index contributed by atoms with van der Waals surface area (Å²) in [6, 6.07) is 0. The predicted molar refractivity (Wildman–Crippen MR) is 61.3 cm³/mol. The van der Waals surface area contributed by atoms with E-state index in [9.17, 15) is 10.1 Å². The minimum Gasteiger partial charge on any atom is -0.481 e. The van der Waals surface area contributed by atoms with Crippen LogP contribution in [0, 0.1) is 10.1 Å². The highest BCUT2D eigenvalue weighted by Gasteiger charge is 2.13. The van der Waals surface area contributed by atoms with E-state index in [1.807, 2.05) is 0 Å². The Kier molecular flexibility index (Phi) is 4.65. The SMILES string of the molecule is CN/C(=C\[N+](=O)[O-])C(C)Oc1cnc(Cl)nc1. The molecule has 1 aromatic heterocycles. The Morgan fingerprint density at radius 2 is 2.24 bits per heavy atom. The molecule has 1 aromatic rings. The molecule has 0 radical (unpaired) electrons. The quantitative estimate of drug-likeness (QED) is 0.485. The van der Waals surface area contributed by atoms with Crippen LogP contribution >= 0.6 is 11.6 Å². The highest BCUT2D eigenvalue weighted by Crippen LogP contribution is 2.13. The standard InChI is InChI=1S/C9H11ClN4O3/c1-6(8(11-2)5-14(15)16)17-7-3-12-9(10)13-4-7/h3-6,11H,1-2H3/b8-5-. The first kappa shape index (κ1) is 13.2. The maximum Gasteiger partial charge on any atom is 0.257 e. The molecule has 1 rings (SSSR count). The minimum atomic E-state index is -0.552. The van der Waals surface area contributed by atoms with Crippen molar-refractivity contribution in [3.05, 3.63) is 39.7 Å². The van der Waals surface area contributed by atoms with Crippen molar-refractivity contribution in [3.8, 4) is 5.75 Å². The fourth-order valence-electron chi connectivity index (χ4n) is 1.12. The van der Waals surface area contributed by atoms with E-state index in [-0.39, 0.29) is 5.28 Å². The van der Waals surface area contributed by atoms with Crippen molar-refractivity contribution in [2.24, 2.45) is 0 Å². The maximum absolute atomic E-state index is 10.4. The van der Waals surface area contributed by atoms with Crippen molar-refractivity contribution in [2.45, 2.75) is 13.0 Å². The summed E-state index contributed by atoms with van der Waals surface area (Å²) in [6.07, 6.45) is 3.12. The molecular weight excluding hydrogens is 248 g/mol. The number of nitro groups is 1. The van der Waals surface area contributed by atoms with Crippen LogP contribution in [0.5, 0.6) is 5.75 Å². The number of nitrogens with one attached hydrogen (secondary N) is 1. The molecule has 7 nitrogen and oxygen atoms in total. The third kappa shape index (κ3) is 4.23. The predicted octanol–water partition coefficient (Wildman–Crippen LogP) is 1.23. The van der Waals surface area contributed by atoms with Gasteiger partial charge < -0.3 is 10.1 Å². The van der Waals surface area contributed by atoms with E-state index >= 15 is 0 Å². The van der Waals surface area contributed by atoms with E-state index in [0.717, 1.165) is 6.20 Å².